The average molecular weight is 295 g/mol. The zero-order valence-electron chi connectivity index (χ0n) is 2.44. The van der Waals surface area contributed by atoms with E-state index in [2.05, 4.69) is 0 Å². The van der Waals surface area contributed by atoms with Crippen LogP contribution in [0.2, 0.25) is 0 Å². The van der Waals surface area contributed by atoms with Crippen LogP contribution in [0.5, 0.6) is 0 Å². The van der Waals surface area contributed by atoms with Crippen molar-refractivity contribution in [3.05, 3.63) is 0 Å². The van der Waals surface area contributed by atoms with Gasteiger partial charge in [-0.05, 0) is 0 Å². The molecule has 0 unspecified atom stereocenters. The van der Waals surface area contributed by atoms with Crippen LogP contribution in [0.4, 0.5) is 4.20 Å². The van der Waals surface area contributed by atoms with E-state index in [9.17, 15) is 4.20 Å². The van der Waals surface area contributed by atoms with E-state index in [-0.39, 0.29) is 21.1 Å². The Balaban J connectivity index is 0. The Morgan fingerprint density at radius 2 is 1.50 bits per heavy atom. The third-order valence-corrected chi connectivity index (χ3v) is 0. The van der Waals surface area contributed by atoms with Crippen LogP contribution in [0, 0.1) is 0 Å². The summed E-state index contributed by atoms with van der Waals surface area (Å²) in [5, 5.41) is 0. The van der Waals surface area contributed by atoms with E-state index in [0.29, 0.717) is 0 Å². The van der Waals surface area contributed by atoms with Crippen LogP contribution in [-0.4, -0.2) is 9.79 Å². The number of rotatable bonds is 0. The number of hydrogen-bond acceptors (Lipinski definition) is 1. The Labute approximate surface area is 48.1 Å². The molecule has 0 heterocycles. The third-order valence-electron chi connectivity index (χ3n) is 0. The molecule has 6 heteroatoms. The van der Waals surface area contributed by atoms with Crippen molar-refractivity contribution < 1.29 is 39.6 Å². The maximum absolute atomic E-state index is 10.4. The van der Waals surface area contributed by atoms with Gasteiger partial charge in [0.15, 0.2) is 0 Å². The van der Waals surface area contributed by atoms with Gasteiger partial charge in [-0.2, -0.15) is 0 Å². The van der Waals surface area contributed by atoms with Crippen molar-refractivity contribution in [1.29, 1.82) is 0 Å². The summed E-state index contributed by atoms with van der Waals surface area (Å²) < 4.78 is 19.0. The minimum absolute atomic E-state index is 0. The predicted molar refractivity (Wildman–Crippen MR) is 13.2 cm³/mol. The molecule has 0 atom stereocenters. The van der Waals surface area contributed by atoms with Gasteiger partial charge in [0.1, 0.15) is 0 Å². The quantitative estimate of drug-likeness (QED) is 0.621. The van der Waals surface area contributed by atoms with Crippen molar-refractivity contribution in [2.24, 2.45) is 0 Å². The van der Waals surface area contributed by atoms with E-state index < -0.39 is 7.91 Å². The van der Waals surface area contributed by atoms with Gasteiger partial charge in [-0.25, -0.2) is 4.57 Å². The normalized spacial score (nSPS) is 9.83. The fourth-order valence-corrected chi connectivity index (χ4v) is 0. The summed E-state index contributed by atoms with van der Waals surface area (Å²) in [6.45, 7) is 0. The van der Waals surface area contributed by atoms with Crippen LogP contribution >= 0.6 is 7.91 Å². The van der Waals surface area contributed by atoms with Gasteiger partial charge < -0.3 is 0 Å². The Morgan fingerprint density at radius 1 is 1.50 bits per heavy atom. The van der Waals surface area contributed by atoms with Crippen molar-refractivity contribution in [3.63, 3.8) is 0 Å². The van der Waals surface area contributed by atoms with Gasteiger partial charge in [0.25, 0.3) is 0 Å². The van der Waals surface area contributed by atoms with Gasteiger partial charge in [-0.1, -0.05) is 0 Å². The Kier molecular flexibility index (Phi) is 4.73. The molecular formula is H2FO3PPt. The van der Waals surface area contributed by atoms with E-state index in [1.807, 2.05) is 0 Å². The molecule has 2 N–H and O–H groups in total. The Bertz CT molecular complexity index is 56.9. The monoisotopic (exact) mass is 295 g/mol. The molecule has 6 heavy (non-hydrogen) atoms. The van der Waals surface area contributed by atoms with Gasteiger partial charge in [-0.3, -0.25) is 9.79 Å². The molecule has 0 aromatic rings. The van der Waals surface area contributed by atoms with Crippen LogP contribution in [-0.2, 0) is 25.6 Å². The number of halogens is 1. The second-order valence-corrected chi connectivity index (χ2v) is 1.42. The average Bonchev–Trinajstić information content (AvgIpc) is 0.722. The van der Waals surface area contributed by atoms with E-state index in [4.69, 9.17) is 14.4 Å². The Morgan fingerprint density at radius 3 is 1.50 bits per heavy atom. The van der Waals surface area contributed by atoms with Crippen molar-refractivity contribution in [3.8, 4) is 0 Å². The fourth-order valence-electron chi connectivity index (χ4n) is 0. The molecule has 0 spiro atoms. The van der Waals surface area contributed by atoms with Gasteiger partial charge in [-0.15, -0.1) is 4.20 Å². The molecule has 0 bridgehead atoms. The molecule has 0 fully saturated rings. The van der Waals surface area contributed by atoms with Crippen LogP contribution < -0.4 is 0 Å². The first kappa shape index (κ1) is 9.90. The van der Waals surface area contributed by atoms with E-state index >= 15 is 0 Å². The summed E-state index contributed by atoms with van der Waals surface area (Å²) in [5.74, 6) is 0. The predicted octanol–water partition coefficient (Wildman–Crippen LogP) is 0.0461. The van der Waals surface area contributed by atoms with Crippen LogP contribution in [0.15, 0.2) is 0 Å². The van der Waals surface area contributed by atoms with Crippen molar-refractivity contribution in [2.75, 3.05) is 0 Å². The van der Waals surface area contributed by atoms with Crippen molar-refractivity contribution in [1.82, 2.24) is 0 Å². The first-order valence-electron chi connectivity index (χ1n) is 0.752. The second kappa shape index (κ2) is 2.86. The van der Waals surface area contributed by atoms with Gasteiger partial charge in [0.2, 0.25) is 0 Å². The maximum atomic E-state index is 10.4. The van der Waals surface area contributed by atoms with Crippen molar-refractivity contribution >= 4 is 7.91 Å². The fraction of sp³-hybridized carbons (Fsp3) is 0. The minimum Gasteiger partial charge on any atom is -0.299 e. The molecule has 0 saturated heterocycles. The molecule has 0 aliphatic carbocycles. The van der Waals surface area contributed by atoms with Gasteiger partial charge in [0, 0.05) is 21.1 Å². The zero-order valence-corrected chi connectivity index (χ0v) is 5.61. The molecule has 3 nitrogen and oxygen atoms in total. The zero-order chi connectivity index (χ0) is 4.50. The topological polar surface area (TPSA) is 57.5 Å². The molecular weight excluding hydrogens is 293 g/mol. The minimum atomic E-state index is -5.14. The largest absolute Gasteiger partial charge is 0.507 e. The number of hydrogen-bond donors (Lipinski definition) is 2. The molecule has 0 aliphatic rings. The summed E-state index contributed by atoms with van der Waals surface area (Å²) in [5.41, 5.74) is 0. The summed E-state index contributed by atoms with van der Waals surface area (Å²) in [4.78, 5) is 13.9. The smallest absolute Gasteiger partial charge is 0.299 e. The third kappa shape index (κ3) is 115. The van der Waals surface area contributed by atoms with Crippen LogP contribution in [0.25, 0.3) is 0 Å². The van der Waals surface area contributed by atoms with E-state index in [0.717, 1.165) is 0 Å². The van der Waals surface area contributed by atoms with Crippen LogP contribution in [0.3, 0.4) is 0 Å². The van der Waals surface area contributed by atoms with Gasteiger partial charge in [0.05, 0.1) is 0 Å². The first-order chi connectivity index (χ1) is 2.00. The SMILES string of the molecule is O=P(O)(O)F.[Pt]. The second-order valence-electron chi connectivity index (χ2n) is 0.473. The van der Waals surface area contributed by atoms with Gasteiger partial charge >= 0.3 is 7.91 Å². The molecule has 0 amide bonds. The Hall–Kier alpha value is 0.768. The van der Waals surface area contributed by atoms with E-state index in [1.165, 1.54) is 0 Å². The molecule has 0 rings (SSSR count). The summed E-state index contributed by atoms with van der Waals surface area (Å²) in [6, 6.07) is 0. The molecule has 0 aliphatic heterocycles. The first-order valence-corrected chi connectivity index (χ1v) is 2.25. The molecule has 0 saturated carbocycles. The molecule has 0 aromatic heterocycles. The molecule has 0 radical (unpaired) electrons. The van der Waals surface area contributed by atoms with Crippen LogP contribution in [0.1, 0.15) is 0 Å². The van der Waals surface area contributed by atoms with E-state index in [1.54, 1.807) is 0 Å². The summed E-state index contributed by atoms with van der Waals surface area (Å²) >= 11 is 0. The summed E-state index contributed by atoms with van der Waals surface area (Å²) in [7, 11) is -5.14. The molecule has 42 valence electrons. The maximum Gasteiger partial charge on any atom is 0.507 e. The summed E-state index contributed by atoms with van der Waals surface area (Å²) in [6.07, 6.45) is 0. The molecule has 0 aromatic carbocycles. The van der Waals surface area contributed by atoms with Crippen molar-refractivity contribution in [2.45, 2.75) is 0 Å². The standard InChI is InChI=1S/FH2O3P.Pt/c1-5(2,3)4;/h(H2,2,3,4);.